The van der Waals surface area contributed by atoms with E-state index >= 15 is 0 Å². The molecule has 4 heteroatoms. The van der Waals surface area contributed by atoms with Crippen molar-refractivity contribution in [3.63, 3.8) is 0 Å². The Bertz CT molecular complexity index is 258. The van der Waals surface area contributed by atoms with Crippen molar-refractivity contribution in [2.75, 3.05) is 0 Å². The van der Waals surface area contributed by atoms with Gasteiger partial charge in [-0.3, -0.25) is 0 Å². The molecular formula is C9H15BO3. The standard InChI is InChI=1S/C9H15BO3/c1-7-4-8(2)6-9(3,5-7)13-10(11)12/h4-5,11-12H,6H2,1-3H3. The van der Waals surface area contributed by atoms with Crippen molar-refractivity contribution in [3.05, 3.63) is 23.3 Å². The van der Waals surface area contributed by atoms with Crippen LogP contribution in [0.15, 0.2) is 23.3 Å². The molecule has 0 fully saturated rings. The number of allylic oxidation sites excluding steroid dienone is 2. The molecule has 0 radical (unpaired) electrons. The summed E-state index contributed by atoms with van der Waals surface area (Å²) in [6.45, 7) is 5.81. The molecule has 1 aliphatic carbocycles. The van der Waals surface area contributed by atoms with E-state index in [0.717, 1.165) is 5.57 Å². The van der Waals surface area contributed by atoms with Crippen LogP contribution in [0.1, 0.15) is 27.2 Å². The van der Waals surface area contributed by atoms with Gasteiger partial charge in [0.2, 0.25) is 0 Å². The van der Waals surface area contributed by atoms with Crippen LogP contribution >= 0.6 is 0 Å². The maximum Gasteiger partial charge on any atom is 0.634 e. The highest BCUT2D eigenvalue weighted by Crippen LogP contribution is 2.29. The van der Waals surface area contributed by atoms with Gasteiger partial charge in [-0.1, -0.05) is 23.3 Å². The smallest absolute Gasteiger partial charge is 0.402 e. The molecule has 0 aromatic heterocycles. The first-order chi connectivity index (χ1) is 5.91. The van der Waals surface area contributed by atoms with Crippen molar-refractivity contribution >= 4 is 7.32 Å². The first-order valence-electron chi connectivity index (χ1n) is 4.32. The van der Waals surface area contributed by atoms with Crippen LogP contribution in [-0.4, -0.2) is 23.0 Å². The van der Waals surface area contributed by atoms with Gasteiger partial charge in [0, 0.05) is 0 Å². The van der Waals surface area contributed by atoms with E-state index in [-0.39, 0.29) is 0 Å². The second kappa shape index (κ2) is 3.66. The summed E-state index contributed by atoms with van der Waals surface area (Å²) in [6.07, 6.45) is 4.66. The Labute approximate surface area is 78.9 Å². The lowest BCUT2D eigenvalue weighted by molar-refractivity contribution is 0.0716. The molecule has 1 rings (SSSR count). The Kier molecular flexibility index (Phi) is 2.96. The number of rotatable bonds is 2. The normalized spacial score (nSPS) is 28.1. The van der Waals surface area contributed by atoms with Gasteiger partial charge in [-0.05, 0) is 27.2 Å². The zero-order valence-corrected chi connectivity index (χ0v) is 8.24. The van der Waals surface area contributed by atoms with E-state index in [0.29, 0.717) is 6.42 Å². The number of hydrogen-bond acceptors (Lipinski definition) is 3. The maximum absolute atomic E-state index is 8.73. The van der Waals surface area contributed by atoms with Crippen LogP contribution in [0.5, 0.6) is 0 Å². The molecule has 0 aromatic carbocycles. The Morgan fingerprint density at radius 2 is 2.08 bits per heavy atom. The predicted octanol–water partition coefficient (Wildman–Crippen LogP) is 1.03. The van der Waals surface area contributed by atoms with Gasteiger partial charge in [0.05, 0.1) is 5.60 Å². The monoisotopic (exact) mass is 182 g/mol. The van der Waals surface area contributed by atoms with E-state index in [9.17, 15) is 0 Å². The molecule has 1 aliphatic rings. The van der Waals surface area contributed by atoms with Gasteiger partial charge in [0.25, 0.3) is 0 Å². The zero-order valence-electron chi connectivity index (χ0n) is 8.24. The summed E-state index contributed by atoms with van der Waals surface area (Å²) in [5.74, 6) is 0. The second-order valence-electron chi connectivity index (χ2n) is 3.81. The molecule has 3 nitrogen and oxygen atoms in total. The first kappa shape index (κ1) is 10.5. The highest BCUT2D eigenvalue weighted by molar-refractivity contribution is 6.32. The molecule has 0 heterocycles. The molecule has 13 heavy (non-hydrogen) atoms. The molecule has 0 saturated heterocycles. The van der Waals surface area contributed by atoms with Crippen molar-refractivity contribution in [2.45, 2.75) is 32.8 Å². The summed E-state index contributed by atoms with van der Waals surface area (Å²) in [6, 6.07) is 0. The summed E-state index contributed by atoms with van der Waals surface area (Å²) in [5.41, 5.74) is 1.69. The van der Waals surface area contributed by atoms with Gasteiger partial charge >= 0.3 is 7.32 Å². The van der Waals surface area contributed by atoms with Crippen LogP contribution in [0, 0.1) is 0 Å². The van der Waals surface area contributed by atoms with Crippen LogP contribution in [0.25, 0.3) is 0 Å². The summed E-state index contributed by atoms with van der Waals surface area (Å²) < 4.78 is 5.01. The summed E-state index contributed by atoms with van der Waals surface area (Å²) >= 11 is 0. The molecule has 1 unspecified atom stereocenters. The number of hydrogen-bond donors (Lipinski definition) is 2. The fourth-order valence-electron chi connectivity index (χ4n) is 1.88. The second-order valence-corrected chi connectivity index (χ2v) is 3.81. The van der Waals surface area contributed by atoms with Crippen LogP contribution < -0.4 is 0 Å². The summed E-state index contributed by atoms with van der Waals surface area (Å²) in [5, 5.41) is 17.5. The minimum absolute atomic E-state index is 0.586. The predicted molar refractivity (Wildman–Crippen MR) is 51.8 cm³/mol. The van der Waals surface area contributed by atoms with E-state index in [4.69, 9.17) is 14.7 Å². The third kappa shape index (κ3) is 2.99. The first-order valence-corrected chi connectivity index (χ1v) is 4.32. The van der Waals surface area contributed by atoms with Gasteiger partial charge in [-0.25, -0.2) is 0 Å². The van der Waals surface area contributed by atoms with Gasteiger partial charge < -0.3 is 14.7 Å². The maximum atomic E-state index is 8.73. The third-order valence-corrected chi connectivity index (χ3v) is 2.01. The molecule has 72 valence electrons. The average Bonchev–Trinajstić information content (AvgIpc) is 1.77. The lowest BCUT2D eigenvalue weighted by atomic mass is 9.88. The van der Waals surface area contributed by atoms with Crippen molar-refractivity contribution in [1.82, 2.24) is 0 Å². The zero-order chi connectivity index (χ0) is 10.1. The quantitative estimate of drug-likeness (QED) is 0.627. The Balaban J connectivity index is 2.77. The van der Waals surface area contributed by atoms with Crippen molar-refractivity contribution in [3.8, 4) is 0 Å². The molecule has 0 aromatic rings. The van der Waals surface area contributed by atoms with Crippen LogP contribution in [0.3, 0.4) is 0 Å². The van der Waals surface area contributed by atoms with Gasteiger partial charge in [-0.2, -0.15) is 0 Å². The highest BCUT2D eigenvalue weighted by atomic mass is 16.6. The Morgan fingerprint density at radius 1 is 1.46 bits per heavy atom. The van der Waals surface area contributed by atoms with E-state index in [1.165, 1.54) is 5.57 Å². The fourth-order valence-corrected chi connectivity index (χ4v) is 1.88. The largest absolute Gasteiger partial charge is 0.634 e. The summed E-state index contributed by atoms with van der Waals surface area (Å²) in [4.78, 5) is 0. The fraction of sp³-hybridized carbons (Fsp3) is 0.556. The van der Waals surface area contributed by atoms with Gasteiger partial charge in [0.1, 0.15) is 0 Å². The molecule has 0 bridgehead atoms. The van der Waals surface area contributed by atoms with E-state index < -0.39 is 12.9 Å². The molecule has 0 spiro atoms. The lowest BCUT2D eigenvalue weighted by Gasteiger charge is -2.30. The van der Waals surface area contributed by atoms with Crippen LogP contribution in [0.4, 0.5) is 0 Å². The van der Waals surface area contributed by atoms with Crippen LogP contribution in [0.2, 0.25) is 0 Å². The SMILES string of the molecule is CC1=CC(C)(OB(O)O)CC(C)=C1. The molecule has 0 saturated carbocycles. The summed E-state index contributed by atoms with van der Waals surface area (Å²) in [7, 11) is -1.71. The van der Waals surface area contributed by atoms with Crippen molar-refractivity contribution in [2.24, 2.45) is 0 Å². The topological polar surface area (TPSA) is 49.7 Å². The van der Waals surface area contributed by atoms with Gasteiger partial charge in [-0.15, -0.1) is 0 Å². The highest BCUT2D eigenvalue weighted by Gasteiger charge is 2.30. The molecule has 0 amide bonds. The van der Waals surface area contributed by atoms with Crippen molar-refractivity contribution in [1.29, 1.82) is 0 Å². The van der Waals surface area contributed by atoms with Crippen molar-refractivity contribution < 1.29 is 14.7 Å². The molecule has 1 atom stereocenters. The van der Waals surface area contributed by atoms with E-state index in [2.05, 4.69) is 6.08 Å². The average molecular weight is 182 g/mol. The lowest BCUT2D eigenvalue weighted by Crippen LogP contribution is -2.36. The van der Waals surface area contributed by atoms with E-state index in [1.54, 1.807) is 0 Å². The minimum Gasteiger partial charge on any atom is -0.402 e. The Hall–Kier alpha value is -0.575. The molecular weight excluding hydrogens is 167 g/mol. The van der Waals surface area contributed by atoms with E-state index in [1.807, 2.05) is 26.8 Å². The Morgan fingerprint density at radius 3 is 2.54 bits per heavy atom. The molecule has 0 aliphatic heterocycles. The van der Waals surface area contributed by atoms with Gasteiger partial charge in [0.15, 0.2) is 0 Å². The molecule has 2 N–H and O–H groups in total. The minimum atomic E-state index is -1.71. The third-order valence-electron chi connectivity index (χ3n) is 2.01. The van der Waals surface area contributed by atoms with Crippen LogP contribution in [-0.2, 0) is 4.65 Å².